The summed E-state index contributed by atoms with van der Waals surface area (Å²) < 4.78 is 0. The molecule has 0 aromatic carbocycles. The van der Waals surface area contributed by atoms with E-state index in [0.717, 1.165) is 25.8 Å². The summed E-state index contributed by atoms with van der Waals surface area (Å²) in [6.45, 7) is 2.25. The number of carbonyl (C=O) groups excluding carboxylic acids is 1. The van der Waals surface area contributed by atoms with Crippen molar-refractivity contribution in [1.29, 1.82) is 0 Å². The summed E-state index contributed by atoms with van der Waals surface area (Å²) in [5.74, 6) is -0.841. The largest absolute Gasteiger partial charge is 0.481 e. The van der Waals surface area contributed by atoms with Gasteiger partial charge in [0.1, 0.15) is 0 Å². The Morgan fingerprint density at radius 1 is 1.17 bits per heavy atom. The molecule has 2 heterocycles. The molecule has 0 aromatic heterocycles. The molecule has 2 amide bonds. The predicted molar refractivity (Wildman–Crippen MR) is 64.1 cm³/mol. The number of rotatable bonds is 3. The van der Waals surface area contributed by atoms with Crippen LogP contribution in [0.1, 0.15) is 19.3 Å². The minimum absolute atomic E-state index is 0.0462. The average Bonchev–Trinajstić information content (AvgIpc) is 2.27. The maximum Gasteiger partial charge on any atom is 0.320 e. The Morgan fingerprint density at radius 2 is 1.89 bits per heavy atom. The lowest BCUT2D eigenvalue weighted by molar-refractivity contribution is -0.146. The molecule has 2 N–H and O–H groups in total. The second kappa shape index (κ2) is 5.56. The van der Waals surface area contributed by atoms with Crippen molar-refractivity contribution in [3.8, 4) is 0 Å². The second-order valence-electron chi connectivity index (χ2n) is 5.19. The number of hydrogen-bond donors (Lipinski definition) is 2. The standard InChI is InChI=1S/C12H20N2O4/c15-5-3-9-2-1-4-13(6-9)12(18)14-7-10(8-14)11(16)17/h9-10,15H,1-8H2,(H,16,17). The van der Waals surface area contributed by atoms with Crippen LogP contribution in [-0.4, -0.2) is 64.8 Å². The van der Waals surface area contributed by atoms with E-state index in [2.05, 4.69) is 0 Å². The number of nitrogens with zero attached hydrogens (tertiary/aromatic N) is 2. The van der Waals surface area contributed by atoms with Crippen molar-refractivity contribution in [2.45, 2.75) is 19.3 Å². The van der Waals surface area contributed by atoms with E-state index in [1.807, 2.05) is 0 Å². The molecule has 1 atom stereocenters. The second-order valence-corrected chi connectivity index (χ2v) is 5.19. The Labute approximate surface area is 106 Å². The van der Waals surface area contributed by atoms with E-state index in [9.17, 15) is 9.59 Å². The third-order valence-corrected chi connectivity index (χ3v) is 3.83. The Balaban J connectivity index is 1.81. The lowest BCUT2D eigenvalue weighted by Crippen LogP contribution is -2.58. The molecule has 0 spiro atoms. The topological polar surface area (TPSA) is 81.1 Å². The fourth-order valence-electron chi connectivity index (χ4n) is 2.65. The maximum absolute atomic E-state index is 12.1. The van der Waals surface area contributed by atoms with Crippen molar-refractivity contribution in [2.75, 3.05) is 32.8 Å². The van der Waals surface area contributed by atoms with E-state index in [1.54, 1.807) is 9.80 Å². The van der Waals surface area contributed by atoms with Crippen LogP contribution in [0.4, 0.5) is 4.79 Å². The molecule has 6 heteroatoms. The highest BCUT2D eigenvalue weighted by Gasteiger charge is 2.38. The van der Waals surface area contributed by atoms with Gasteiger partial charge in [-0.05, 0) is 25.2 Å². The van der Waals surface area contributed by atoms with Crippen LogP contribution >= 0.6 is 0 Å². The monoisotopic (exact) mass is 256 g/mol. The fraction of sp³-hybridized carbons (Fsp3) is 0.833. The van der Waals surface area contributed by atoms with Gasteiger partial charge in [0.05, 0.1) is 5.92 Å². The smallest absolute Gasteiger partial charge is 0.320 e. The number of likely N-dealkylation sites (tertiary alicyclic amines) is 2. The number of piperidine rings is 1. The van der Waals surface area contributed by atoms with Crippen LogP contribution in [0.5, 0.6) is 0 Å². The van der Waals surface area contributed by atoms with Crippen molar-refractivity contribution in [2.24, 2.45) is 11.8 Å². The van der Waals surface area contributed by atoms with Gasteiger partial charge in [-0.2, -0.15) is 0 Å². The van der Waals surface area contributed by atoms with Gasteiger partial charge in [-0.15, -0.1) is 0 Å². The Bertz CT molecular complexity index is 326. The van der Waals surface area contributed by atoms with Crippen molar-refractivity contribution in [1.82, 2.24) is 9.80 Å². The molecule has 18 heavy (non-hydrogen) atoms. The molecule has 6 nitrogen and oxygen atoms in total. The number of aliphatic hydroxyl groups is 1. The normalized spacial score (nSPS) is 24.8. The van der Waals surface area contributed by atoms with Gasteiger partial charge >= 0.3 is 12.0 Å². The van der Waals surface area contributed by atoms with Crippen LogP contribution in [-0.2, 0) is 4.79 Å². The third-order valence-electron chi connectivity index (χ3n) is 3.83. The van der Waals surface area contributed by atoms with Crippen molar-refractivity contribution >= 4 is 12.0 Å². The highest BCUT2D eigenvalue weighted by atomic mass is 16.4. The summed E-state index contributed by atoms with van der Waals surface area (Å²) in [6, 6.07) is -0.0462. The molecule has 0 bridgehead atoms. The van der Waals surface area contributed by atoms with E-state index in [0.29, 0.717) is 25.6 Å². The van der Waals surface area contributed by atoms with E-state index in [1.165, 1.54) is 0 Å². The van der Waals surface area contributed by atoms with Crippen LogP contribution < -0.4 is 0 Å². The van der Waals surface area contributed by atoms with Crippen LogP contribution in [0.25, 0.3) is 0 Å². The van der Waals surface area contributed by atoms with Gasteiger partial charge in [0.2, 0.25) is 0 Å². The first-order chi connectivity index (χ1) is 8.61. The van der Waals surface area contributed by atoms with Gasteiger partial charge in [0.25, 0.3) is 0 Å². The molecule has 102 valence electrons. The molecular formula is C12H20N2O4. The number of amides is 2. The summed E-state index contributed by atoms with van der Waals surface area (Å²) in [5, 5.41) is 17.7. The summed E-state index contributed by atoms with van der Waals surface area (Å²) in [4.78, 5) is 26.2. The van der Waals surface area contributed by atoms with Gasteiger partial charge in [0.15, 0.2) is 0 Å². The molecule has 2 aliphatic rings. The Kier molecular flexibility index (Phi) is 4.06. The maximum atomic E-state index is 12.1. The van der Waals surface area contributed by atoms with Gasteiger partial charge in [-0.25, -0.2) is 4.79 Å². The minimum Gasteiger partial charge on any atom is -0.481 e. The van der Waals surface area contributed by atoms with E-state index in [-0.39, 0.29) is 12.6 Å². The Hall–Kier alpha value is -1.30. The SMILES string of the molecule is O=C(O)C1CN(C(=O)N2CCCC(CCO)C2)C1. The fourth-order valence-corrected chi connectivity index (χ4v) is 2.65. The first-order valence-corrected chi connectivity index (χ1v) is 6.49. The molecule has 2 fully saturated rings. The van der Waals surface area contributed by atoms with Crippen LogP contribution in [0.2, 0.25) is 0 Å². The number of aliphatic carboxylic acids is 1. The van der Waals surface area contributed by atoms with Gasteiger partial charge in [0, 0.05) is 32.8 Å². The molecule has 0 radical (unpaired) electrons. The summed E-state index contributed by atoms with van der Waals surface area (Å²) in [5.41, 5.74) is 0. The van der Waals surface area contributed by atoms with Crippen molar-refractivity contribution in [3.05, 3.63) is 0 Å². The Morgan fingerprint density at radius 3 is 2.50 bits per heavy atom. The number of carboxylic acid groups (broad SMARTS) is 1. The summed E-state index contributed by atoms with van der Waals surface area (Å²) in [6.07, 6.45) is 2.76. The molecule has 2 aliphatic heterocycles. The quantitative estimate of drug-likeness (QED) is 0.756. The highest BCUT2D eigenvalue weighted by molar-refractivity contribution is 5.79. The summed E-state index contributed by atoms with van der Waals surface area (Å²) >= 11 is 0. The molecule has 1 unspecified atom stereocenters. The van der Waals surface area contributed by atoms with E-state index < -0.39 is 11.9 Å². The number of carboxylic acids is 1. The molecule has 2 rings (SSSR count). The predicted octanol–water partition coefficient (Wildman–Crippen LogP) is 0.217. The molecule has 2 saturated heterocycles. The summed E-state index contributed by atoms with van der Waals surface area (Å²) in [7, 11) is 0. The lowest BCUT2D eigenvalue weighted by atomic mass is 9.95. The number of aliphatic hydroxyl groups excluding tert-OH is 1. The van der Waals surface area contributed by atoms with Crippen LogP contribution in [0.3, 0.4) is 0 Å². The van der Waals surface area contributed by atoms with Crippen LogP contribution in [0.15, 0.2) is 0 Å². The highest BCUT2D eigenvalue weighted by Crippen LogP contribution is 2.23. The van der Waals surface area contributed by atoms with Gasteiger partial charge in [-0.3, -0.25) is 4.79 Å². The molecule has 0 aromatic rings. The van der Waals surface area contributed by atoms with Crippen LogP contribution in [0, 0.1) is 11.8 Å². The van der Waals surface area contributed by atoms with Gasteiger partial charge < -0.3 is 20.0 Å². The zero-order chi connectivity index (χ0) is 13.1. The van der Waals surface area contributed by atoms with E-state index in [4.69, 9.17) is 10.2 Å². The first kappa shape index (κ1) is 13.1. The number of urea groups is 1. The zero-order valence-corrected chi connectivity index (χ0v) is 10.4. The average molecular weight is 256 g/mol. The molecular weight excluding hydrogens is 236 g/mol. The van der Waals surface area contributed by atoms with Gasteiger partial charge in [-0.1, -0.05) is 0 Å². The van der Waals surface area contributed by atoms with Crippen molar-refractivity contribution < 1.29 is 19.8 Å². The zero-order valence-electron chi connectivity index (χ0n) is 10.4. The lowest BCUT2D eigenvalue weighted by Gasteiger charge is -2.42. The minimum atomic E-state index is -0.823. The third kappa shape index (κ3) is 2.75. The molecule has 0 saturated carbocycles. The molecule has 0 aliphatic carbocycles. The van der Waals surface area contributed by atoms with E-state index >= 15 is 0 Å². The first-order valence-electron chi connectivity index (χ1n) is 6.49. The number of carbonyl (C=O) groups is 2. The number of hydrogen-bond acceptors (Lipinski definition) is 3. The van der Waals surface area contributed by atoms with Crippen molar-refractivity contribution in [3.63, 3.8) is 0 Å².